The molecular formula is C14H22ClN3O2. The molecule has 2 amide bonds. The molecule has 0 heterocycles. The van der Waals surface area contributed by atoms with E-state index in [1.807, 2.05) is 44.2 Å². The highest BCUT2D eigenvalue weighted by Gasteiger charge is 2.12. The summed E-state index contributed by atoms with van der Waals surface area (Å²) in [7, 11) is 0. The van der Waals surface area contributed by atoms with Crippen molar-refractivity contribution in [3.63, 3.8) is 0 Å². The summed E-state index contributed by atoms with van der Waals surface area (Å²) in [6.07, 6.45) is 0.166. The predicted molar refractivity (Wildman–Crippen MR) is 81.5 cm³/mol. The third kappa shape index (κ3) is 7.11. The Bertz CT molecular complexity index is 424. The smallest absolute Gasteiger partial charge is 0.239 e. The van der Waals surface area contributed by atoms with Crippen LogP contribution < -0.4 is 16.4 Å². The number of hydrogen-bond acceptors (Lipinski definition) is 3. The van der Waals surface area contributed by atoms with Gasteiger partial charge in [0, 0.05) is 18.5 Å². The van der Waals surface area contributed by atoms with Crippen LogP contribution in [-0.4, -0.2) is 24.4 Å². The summed E-state index contributed by atoms with van der Waals surface area (Å²) in [6.45, 7) is 3.72. The third-order valence-electron chi connectivity index (χ3n) is 2.53. The molecule has 6 heteroatoms. The van der Waals surface area contributed by atoms with E-state index in [4.69, 9.17) is 5.73 Å². The highest BCUT2D eigenvalue weighted by Crippen LogP contribution is 2.12. The molecule has 1 unspecified atom stereocenters. The Balaban J connectivity index is 0.00000361. The fourth-order valence-electron chi connectivity index (χ4n) is 1.64. The topological polar surface area (TPSA) is 84.2 Å². The molecule has 0 aliphatic heterocycles. The van der Waals surface area contributed by atoms with Crippen LogP contribution in [0.25, 0.3) is 0 Å². The predicted octanol–water partition coefficient (Wildman–Crippen LogP) is 1.14. The Morgan fingerprint density at radius 1 is 1.15 bits per heavy atom. The number of nitrogens with two attached hydrogens (primary N) is 1. The molecule has 0 fully saturated rings. The molecule has 1 aromatic rings. The SMILES string of the molecule is CC(C)NC(=O)CNC(=O)CC(N)c1ccccc1.Cl. The summed E-state index contributed by atoms with van der Waals surface area (Å²) in [5, 5.41) is 5.26. The first-order valence-electron chi connectivity index (χ1n) is 6.35. The van der Waals surface area contributed by atoms with Crippen LogP contribution in [0.2, 0.25) is 0 Å². The van der Waals surface area contributed by atoms with Crippen LogP contribution in [0.5, 0.6) is 0 Å². The average Bonchev–Trinajstić information content (AvgIpc) is 2.36. The lowest BCUT2D eigenvalue weighted by molar-refractivity contribution is -0.126. The lowest BCUT2D eigenvalue weighted by Crippen LogP contribution is -2.40. The highest BCUT2D eigenvalue weighted by molar-refractivity contribution is 5.85. The first-order valence-corrected chi connectivity index (χ1v) is 6.35. The van der Waals surface area contributed by atoms with Gasteiger partial charge in [0.1, 0.15) is 0 Å². The van der Waals surface area contributed by atoms with Crippen LogP contribution in [0.1, 0.15) is 31.9 Å². The fraction of sp³-hybridized carbons (Fsp3) is 0.429. The van der Waals surface area contributed by atoms with Crippen molar-refractivity contribution in [1.29, 1.82) is 0 Å². The van der Waals surface area contributed by atoms with Gasteiger partial charge in [-0.1, -0.05) is 30.3 Å². The number of hydrogen-bond donors (Lipinski definition) is 3. The van der Waals surface area contributed by atoms with Crippen LogP contribution in [0.3, 0.4) is 0 Å². The normalized spacial score (nSPS) is 11.4. The summed E-state index contributed by atoms with van der Waals surface area (Å²) < 4.78 is 0. The van der Waals surface area contributed by atoms with Gasteiger partial charge in [-0.15, -0.1) is 12.4 Å². The number of rotatable bonds is 6. The van der Waals surface area contributed by atoms with E-state index in [-0.39, 0.29) is 49.3 Å². The first kappa shape index (κ1) is 18.4. The Morgan fingerprint density at radius 2 is 1.75 bits per heavy atom. The Labute approximate surface area is 125 Å². The number of nitrogens with one attached hydrogen (secondary N) is 2. The zero-order valence-corrected chi connectivity index (χ0v) is 12.6. The van der Waals surface area contributed by atoms with E-state index < -0.39 is 0 Å². The molecule has 4 N–H and O–H groups in total. The van der Waals surface area contributed by atoms with Gasteiger partial charge in [0.05, 0.1) is 6.54 Å². The fourth-order valence-corrected chi connectivity index (χ4v) is 1.64. The lowest BCUT2D eigenvalue weighted by atomic mass is 10.0. The van der Waals surface area contributed by atoms with E-state index in [1.54, 1.807) is 0 Å². The molecule has 112 valence electrons. The molecule has 5 nitrogen and oxygen atoms in total. The van der Waals surface area contributed by atoms with Crippen molar-refractivity contribution < 1.29 is 9.59 Å². The van der Waals surface area contributed by atoms with Crippen LogP contribution in [0, 0.1) is 0 Å². The molecule has 1 aromatic carbocycles. The van der Waals surface area contributed by atoms with Crippen molar-refractivity contribution in [3.05, 3.63) is 35.9 Å². The minimum atomic E-state index is -0.352. The van der Waals surface area contributed by atoms with Gasteiger partial charge in [0.15, 0.2) is 0 Å². The highest BCUT2D eigenvalue weighted by atomic mass is 35.5. The van der Waals surface area contributed by atoms with Crippen molar-refractivity contribution in [2.24, 2.45) is 5.73 Å². The Kier molecular flexibility index (Phi) is 8.59. The standard InChI is InChI=1S/C14H21N3O2.ClH/c1-10(2)17-14(19)9-16-13(18)8-12(15)11-6-4-3-5-7-11;/h3-7,10,12H,8-9,15H2,1-2H3,(H,16,18)(H,17,19);1H. The largest absolute Gasteiger partial charge is 0.352 e. The molecule has 1 atom stereocenters. The summed E-state index contributed by atoms with van der Waals surface area (Å²) in [6, 6.07) is 9.12. The van der Waals surface area contributed by atoms with Gasteiger partial charge in [-0.3, -0.25) is 9.59 Å². The maximum atomic E-state index is 11.6. The van der Waals surface area contributed by atoms with Crippen molar-refractivity contribution in [2.45, 2.75) is 32.4 Å². The average molecular weight is 300 g/mol. The molecule has 1 rings (SSSR count). The monoisotopic (exact) mass is 299 g/mol. The molecule has 0 aliphatic rings. The van der Waals surface area contributed by atoms with E-state index in [0.717, 1.165) is 5.56 Å². The van der Waals surface area contributed by atoms with Gasteiger partial charge in [0.25, 0.3) is 0 Å². The second-order valence-corrected chi connectivity index (χ2v) is 4.72. The summed E-state index contributed by atoms with van der Waals surface area (Å²) >= 11 is 0. The van der Waals surface area contributed by atoms with Crippen molar-refractivity contribution in [2.75, 3.05) is 6.54 Å². The van der Waals surface area contributed by atoms with Crippen LogP contribution >= 0.6 is 12.4 Å². The molecule has 20 heavy (non-hydrogen) atoms. The minimum absolute atomic E-state index is 0. The molecule has 0 spiro atoms. The second-order valence-electron chi connectivity index (χ2n) is 4.72. The van der Waals surface area contributed by atoms with Crippen molar-refractivity contribution in [1.82, 2.24) is 10.6 Å². The van der Waals surface area contributed by atoms with E-state index in [2.05, 4.69) is 10.6 Å². The lowest BCUT2D eigenvalue weighted by Gasteiger charge is -2.13. The molecular weight excluding hydrogens is 278 g/mol. The number of amides is 2. The molecule has 0 aromatic heterocycles. The number of benzene rings is 1. The summed E-state index contributed by atoms with van der Waals surface area (Å²) in [5.74, 6) is -0.424. The molecule has 0 saturated carbocycles. The van der Waals surface area contributed by atoms with Gasteiger partial charge < -0.3 is 16.4 Å². The Hall–Kier alpha value is -1.59. The van der Waals surface area contributed by atoms with Gasteiger partial charge >= 0.3 is 0 Å². The molecule has 0 radical (unpaired) electrons. The van der Waals surface area contributed by atoms with Gasteiger partial charge in [0.2, 0.25) is 11.8 Å². The quantitative estimate of drug-likeness (QED) is 0.736. The van der Waals surface area contributed by atoms with Crippen LogP contribution in [0.4, 0.5) is 0 Å². The molecule has 0 bridgehead atoms. The van der Waals surface area contributed by atoms with Gasteiger partial charge in [-0.25, -0.2) is 0 Å². The summed E-state index contributed by atoms with van der Waals surface area (Å²) in [5.41, 5.74) is 6.83. The maximum absolute atomic E-state index is 11.6. The zero-order valence-electron chi connectivity index (χ0n) is 11.8. The summed E-state index contributed by atoms with van der Waals surface area (Å²) in [4.78, 5) is 23.0. The van der Waals surface area contributed by atoms with Gasteiger partial charge in [-0.05, 0) is 19.4 Å². The van der Waals surface area contributed by atoms with Crippen molar-refractivity contribution in [3.8, 4) is 0 Å². The van der Waals surface area contributed by atoms with Crippen LogP contribution in [-0.2, 0) is 9.59 Å². The Morgan fingerprint density at radius 3 is 2.30 bits per heavy atom. The molecule has 0 aliphatic carbocycles. The number of halogens is 1. The number of carbonyl (C=O) groups is 2. The van der Waals surface area contributed by atoms with Crippen LogP contribution in [0.15, 0.2) is 30.3 Å². The van der Waals surface area contributed by atoms with Gasteiger partial charge in [-0.2, -0.15) is 0 Å². The maximum Gasteiger partial charge on any atom is 0.239 e. The third-order valence-corrected chi connectivity index (χ3v) is 2.53. The first-order chi connectivity index (χ1) is 8.99. The number of carbonyl (C=O) groups excluding carboxylic acids is 2. The zero-order chi connectivity index (χ0) is 14.3. The van der Waals surface area contributed by atoms with E-state index in [0.29, 0.717) is 0 Å². The molecule has 0 saturated heterocycles. The minimum Gasteiger partial charge on any atom is -0.352 e. The second kappa shape index (κ2) is 9.34. The van der Waals surface area contributed by atoms with E-state index in [1.165, 1.54) is 0 Å². The van der Waals surface area contributed by atoms with Crippen molar-refractivity contribution >= 4 is 24.2 Å². The van der Waals surface area contributed by atoms with E-state index in [9.17, 15) is 9.59 Å². The van der Waals surface area contributed by atoms with E-state index >= 15 is 0 Å².